The maximum atomic E-state index is 13.4. The van der Waals surface area contributed by atoms with Crippen molar-refractivity contribution >= 4 is 12.1 Å². The molecule has 1 amide bonds. The highest BCUT2D eigenvalue weighted by Gasteiger charge is 2.26. The van der Waals surface area contributed by atoms with E-state index < -0.39 is 36.6 Å². The summed E-state index contributed by atoms with van der Waals surface area (Å²) in [6.07, 6.45) is -6.10. The lowest BCUT2D eigenvalue weighted by atomic mass is 10.1. The van der Waals surface area contributed by atoms with Gasteiger partial charge < -0.3 is 24.2 Å². The number of benzene rings is 2. The van der Waals surface area contributed by atoms with Gasteiger partial charge in [-0.2, -0.15) is 13.2 Å². The second kappa shape index (κ2) is 15.0. The van der Waals surface area contributed by atoms with E-state index in [0.29, 0.717) is 12.2 Å². The fraction of sp³-hybridized carbons (Fsp3) is 0.462. The molecule has 7 nitrogen and oxygen atoms in total. The van der Waals surface area contributed by atoms with Gasteiger partial charge in [0, 0.05) is 32.1 Å². The average molecular weight is 530 g/mol. The number of carbonyl (C=O) groups excluding carboxylic acids is 1. The van der Waals surface area contributed by atoms with E-state index in [1.54, 1.807) is 31.2 Å². The quantitative estimate of drug-likeness (QED) is 0.230. The standard InChI is InChI=1S/C26H31F4NO6/c1-2-35-23(24(32)33)17-19-9-11-21(12-10-19)36-16-15-31(14-5-3-4-13-26(28,29)30)25(34)37-22-8-6-7-20(27)18-22/h6-12,18,23H,2-5,13-17H2,1H3,(H,32,33). The van der Waals surface area contributed by atoms with Crippen LogP contribution in [0.2, 0.25) is 0 Å². The number of unbranched alkanes of at least 4 members (excludes halogenated alkanes) is 2. The van der Waals surface area contributed by atoms with E-state index in [9.17, 15) is 32.3 Å². The predicted molar refractivity (Wildman–Crippen MR) is 127 cm³/mol. The number of hydrogen-bond acceptors (Lipinski definition) is 5. The molecule has 0 heterocycles. The zero-order valence-electron chi connectivity index (χ0n) is 20.5. The molecule has 0 aliphatic carbocycles. The molecule has 11 heteroatoms. The second-order valence-corrected chi connectivity index (χ2v) is 8.22. The second-order valence-electron chi connectivity index (χ2n) is 8.22. The Balaban J connectivity index is 1.91. The van der Waals surface area contributed by atoms with Gasteiger partial charge in [-0.3, -0.25) is 0 Å². The number of carbonyl (C=O) groups is 2. The Bertz CT molecular complexity index is 984. The lowest BCUT2D eigenvalue weighted by molar-refractivity contribution is -0.150. The number of aliphatic carboxylic acids is 1. The van der Waals surface area contributed by atoms with E-state index >= 15 is 0 Å². The van der Waals surface area contributed by atoms with Crippen LogP contribution < -0.4 is 9.47 Å². The maximum Gasteiger partial charge on any atom is 0.415 e. The summed E-state index contributed by atoms with van der Waals surface area (Å²) in [5.41, 5.74) is 0.743. The van der Waals surface area contributed by atoms with Crippen LogP contribution in [0.15, 0.2) is 48.5 Å². The van der Waals surface area contributed by atoms with Crippen LogP contribution in [0, 0.1) is 5.82 Å². The topological polar surface area (TPSA) is 85.3 Å². The van der Waals surface area contributed by atoms with Gasteiger partial charge in [0.2, 0.25) is 0 Å². The summed E-state index contributed by atoms with van der Waals surface area (Å²) in [5.74, 6) is -1.14. The smallest absolute Gasteiger partial charge is 0.415 e. The van der Waals surface area contributed by atoms with Crippen molar-refractivity contribution in [2.24, 2.45) is 0 Å². The number of halogens is 4. The Hall–Kier alpha value is -3.34. The zero-order chi connectivity index (χ0) is 27.3. The maximum absolute atomic E-state index is 13.4. The van der Waals surface area contributed by atoms with Crippen LogP contribution in [0.4, 0.5) is 22.4 Å². The fourth-order valence-electron chi connectivity index (χ4n) is 3.42. The molecule has 2 aromatic rings. The van der Waals surface area contributed by atoms with E-state index in [0.717, 1.165) is 11.6 Å². The Kier molecular flexibility index (Phi) is 12.1. The fourth-order valence-corrected chi connectivity index (χ4v) is 3.42. The zero-order valence-corrected chi connectivity index (χ0v) is 20.5. The van der Waals surface area contributed by atoms with E-state index in [4.69, 9.17) is 14.2 Å². The van der Waals surface area contributed by atoms with Crippen LogP contribution >= 0.6 is 0 Å². The summed E-state index contributed by atoms with van der Waals surface area (Å²) in [4.78, 5) is 25.2. The number of hydrogen-bond donors (Lipinski definition) is 1. The molecule has 0 saturated carbocycles. The van der Waals surface area contributed by atoms with Crippen molar-refractivity contribution < 1.29 is 46.5 Å². The molecule has 37 heavy (non-hydrogen) atoms. The number of amides is 1. The van der Waals surface area contributed by atoms with Crippen LogP contribution in [0.3, 0.4) is 0 Å². The minimum atomic E-state index is -4.23. The first-order chi connectivity index (χ1) is 17.6. The molecule has 0 spiro atoms. The summed E-state index contributed by atoms with van der Waals surface area (Å²) in [7, 11) is 0. The molecular weight excluding hydrogens is 498 g/mol. The SMILES string of the molecule is CCOC(Cc1ccc(OCCN(CCCCCC(F)(F)F)C(=O)Oc2cccc(F)c2)cc1)C(=O)O. The van der Waals surface area contributed by atoms with E-state index in [2.05, 4.69) is 0 Å². The Labute approximate surface area is 212 Å². The molecule has 2 rings (SSSR count). The summed E-state index contributed by atoms with van der Waals surface area (Å²) < 4.78 is 66.6. The number of alkyl halides is 3. The summed E-state index contributed by atoms with van der Waals surface area (Å²) in [6.45, 7) is 2.28. The minimum Gasteiger partial charge on any atom is -0.492 e. The lowest BCUT2D eigenvalue weighted by Gasteiger charge is -2.22. The molecule has 0 aliphatic rings. The highest BCUT2D eigenvalue weighted by atomic mass is 19.4. The third-order valence-electron chi connectivity index (χ3n) is 5.27. The number of nitrogens with zero attached hydrogens (tertiary/aromatic N) is 1. The summed E-state index contributed by atoms with van der Waals surface area (Å²) >= 11 is 0. The molecule has 204 valence electrons. The van der Waals surface area contributed by atoms with Gasteiger partial charge in [0.05, 0.1) is 6.54 Å². The van der Waals surface area contributed by atoms with Crippen molar-refractivity contribution in [1.82, 2.24) is 4.90 Å². The van der Waals surface area contributed by atoms with Crippen molar-refractivity contribution in [3.05, 3.63) is 59.9 Å². The van der Waals surface area contributed by atoms with Gasteiger partial charge >= 0.3 is 18.2 Å². The number of rotatable bonds is 15. The number of carboxylic acids is 1. The van der Waals surface area contributed by atoms with Gasteiger partial charge in [-0.25, -0.2) is 14.0 Å². The Morgan fingerprint density at radius 1 is 1.00 bits per heavy atom. The van der Waals surface area contributed by atoms with Crippen molar-refractivity contribution in [3.8, 4) is 11.5 Å². The Morgan fingerprint density at radius 2 is 1.73 bits per heavy atom. The van der Waals surface area contributed by atoms with Crippen LogP contribution in [0.25, 0.3) is 0 Å². The molecule has 2 aromatic carbocycles. The van der Waals surface area contributed by atoms with Crippen LogP contribution in [-0.2, 0) is 16.0 Å². The van der Waals surface area contributed by atoms with Gasteiger partial charge in [-0.05, 0) is 49.6 Å². The van der Waals surface area contributed by atoms with E-state index in [-0.39, 0.29) is 51.3 Å². The minimum absolute atomic E-state index is 0.00953. The molecule has 0 aliphatic heterocycles. The third-order valence-corrected chi connectivity index (χ3v) is 5.27. The first kappa shape index (κ1) is 29.9. The van der Waals surface area contributed by atoms with Crippen LogP contribution in [0.5, 0.6) is 11.5 Å². The third kappa shape index (κ3) is 12.0. The average Bonchev–Trinajstić information content (AvgIpc) is 2.82. The molecule has 1 unspecified atom stereocenters. The number of ether oxygens (including phenoxy) is 3. The molecule has 0 saturated heterocycles. The molecule has 0 aromatic heterocycles. The van der Waals surface area contributed by atoms with E-state index in [1.165, 1.54) is 23.1 Å². The summed E-state index contributed by atoms with van der Waals surface area (Å²) in [6, 6.07) is 11.8. The number of carboxylic acid groups (broad SMARTS) is 1. The first-order valence-corrected chi connectivity index (χ1v) is 11.9. The normalized spacial score (nSPS) is 12.1. The molecule has 1 N–H and O–H groups in total. The van der Waals surface area contributed by atoms with Crippen molar-refractivity contribution in [1.29, 1.82) is 0 Å². The van der Waals surface area contributed by atoms with Gasteiger partial charge in [0.25, 0.3) is 0 Å². The first-order valence-electron chi connectivity index (χ1n) is 11.9. The Morgan fingerprint density at radius 3 is 2.35 bits per heavy atom. The van der Waals surface area contributed by atoms with Crippen molar-refractivity contribution in [2.45, 2.75) is 51.3 Å². The summed E-state index contributed by atoms with van der Waals surface area (Å²) in [5, 5.41) is 9.21. The molecule has 0 fully saturated rings. The van der Waals surface area contributed by atoms with Gasteiger partial charge in [-0.1, -0.05) is 24.6 Å². The van der Waals surface area contributed by atoms with Gasteiger partial charge in [-0.15, -0.1) is 0 Å². The molecule has 0 radical (unpaired) electrons. The lowest BCUT2D eigenvalue weighted by Crippen LogP contribution is -2.37. The molecular formula is C26H31F4NO6. The van der Waals surface area contributed by atoms with Crippen LogP contribution in [-0.4, -0.2) is 60.7 Å². The van der Waals surface area contributed by atoms with Crippen molar-refractivity contribution in [2.75, 3.05) is 26.3 Å². The molecule has 1 atom stereocenters. The largest absolute Gasteiger partial charge is 0.492 e. The van der Waals surface area contributed by atoms with Gasteiger partial charge in [0.15, 0.2) is 6.10 Å². The highest BCUT2D eigenvalue weighted by molar-refractivity contribution is 5.72. The van der Waals surface area contributed by atoms with Crippen molar-refractivity contribution in [3.63, 3.8) is 0 Å². The molecule has 0 bridgehead atoms. The predicted octanol–water partition coefficient (Wildman–Crippen LogP) is 5.86. The monoisotopic (exact) mass is 529 g/mol. The van der Waals surface area contributed by atoms with E-state index in [1.807, 2.05) is 0 Å². The van der Waals surface area contributed by atoms with Gasteiger partial charge in [0.1, 0.15) is 23.9 Å². The highest BCUT2D eigenvalue weighted by Crippen LogP contribution is 2.23. The van der Waals surface area contributed by atoms with Crippen LogP contribution in [0.1, 0.15) is 38.2 Å².